The number of hydrogen-bond acceptors (Lipinski definition) is 4. The first kappa shape index (κ1) is 20.0. The monoisotopic (exact) mass is 402 g/mol. The van der Waals surface area contributed by atoms with Crippen molar-refractivity contribution in [1.82, 2.24) is 0 Å². The highest BCUT2D eigenvalue weighted by Crippen LogP contribution is 2.55. The number of ether oxygens (including phenoxy) is 3. The molecule has 1 aliphatic carbocycles. The van der Waals surface area contributed by atoms with Crippen LogP contribution >= 0.6 is 0 Å². The molecule has 0 heterocycles. The molecule has 0 N–H and O–H groups in total. The average Bonchev–Trinajstić information content (AvgIpc) is 3.29. The highest BCUT2D eigenvalue weighted by atomic mass is 16.5. The van der Waals surface area contributed by atoms with E-state index in [0.717, 1.165) is 22.6 Å². The first-order valence-electron chi connectivity index (χ1n) is 10.2. The topological polar surface area (TPSA) is 44.8 Å². The maximum Gasteiger partial charge on any atom is 0.313 e. The van der Waals surface area contributed by atoms with Gasteiger partial charge < -0.3 is 14.2 Å². The zero-order valence-electron chi connectivity index (χ0n) is 17.5. The van der Waals surface area contributed by atoms with Gasteiger partial charge in [0, 0.05) is 5.41 Å². The summed E-state index contributed by atoms with van der Waals surface area (Å²) in [4.78, 5) is 12.7. The van der Waals surface area contributed by atoms with Crippen molar-refractivity contribution >= 4 is 5.97 Å². The number of esters is 1. The molecule has 0 spiro atoms. The van der Waals surface area contributed by atoms with Crippen molar-refractivity contribution in [2.75, 3.05) is 0 Å². The van der Waals surface area contributed by atoms with Crippen LogP contribution in [0.15, 0.2) is 78.9 Å². The molecule has 1 fully saturated rings. The SMILES string of the molecule is Cc1ccccc1OC1C(C(=O)OCc2cccc(Oc3ccccc3)c2)C1(C)C. The number of aryl methyl sites for hydroxylation is 1. The fraction of sp³-hybridized carbons (Fsp3) is 0.269. The van der Waals surface area contributed by atoms with Gasteiger partial charge in [-0.05, 0) is 48.4 Å². The Balaban J connectivity index is 1.35. The minimum atomic E-state index is -0.277. The lowest BCUT2D eigenvalue weighted by Gasteiger charge is -2.10. The normalized spacial score (nSPS) is 19.0. The van der Waals surface area contributed by atoms with Crippen molar-refractivity contribution < 1.29 is 19.0 Å². The van der Waals surface area contributed by atoms with E-state index in [1.165, 1.54) is 0 Å². The third-order valence-electron chi connectivity index (χ3n) is 5.59. The second-order valence-electron chi connectivity index (χ2n) is 8.27. The number of para-hydroxylation sites is 2. The third-order valence-corrected chi connectivity index (χ3v) is 5.59. The van der Waals surface area contributed by atoms with Gasteiger partial charge in [0.05, 0.1) is 0 Å². The van der Waals surface area contributed by atoms with Crippen molar-refractivity contribution in [1.29, 1.82) is 0 Å². The molecule has 154 valence electrons. The van der Waals surface area contributed by atoms with Crippen LogP contribution in [0, 0.1) is 18.3 Å². The van der Waals surface area contributed by atoms with Crippen LogP contribution in [0.1, 0.15) is 25.0 Å². The number of rotatable bonds is 7. The van der Waals surface area contributed by atoms with Gasteiger partial charge in [0.1, 0.15) is 35.9 Å². The Kier molecular flexibility index (Phi) is 5.49. The lowest BCUT2D eigenvalue weighted by Crippen LogP contribution is -2.12. The Morgan fingerprint density at radius 2 is 1.60 bits per heavy atom. The second kappa shape index (κ2) is 8.23. The number of carbonyl (C=O) groups is 1. The van der Waals surface area contributed by atoms with Crippen LogP contribution in [0.2, 0.25) is 0 Å². The lowest BCUT2D eigenvalue weighted by atomic mass is 10.1. The van der Waals surface area contributed by atoms with Gasteiger partial charge in [-0.3, -0.25) is 4.79 Å². The third kappa shape index (κ3) is 4.33. The molecule has 2 unspecified atom stereocenters. The zero-order valence-corrected chi connectivity index (χ0v) is 17.5. The summed E-state index contributed by atoms with van der Waals surface area (Å²) >= 11 is 0. The van der Waals surface area contributed by atoms with Crippen LogP contribution in [-0.4, -0.2) is 12.1 Å². The molecule has 1 saturated carbocycles. The molecule has 4 heteroatoms. The Hall–Kier alpha value is -3.27. The first-order valence-corrected chi connectivity index (χ1v) is 10.2. The lowest BCUT2D eigenvalue weighted by molar-refractivity contribution is -0.147. The van der Waals surface area contributed by atoms with E-state index in [9.17, 15) is 4.79 Å². The van der Waals surface area contributed by atoms with E-state index < -0.39 is 0 Å². The molecule has 0 aliphatic heterocycles. The second-order valence-corrected chi connectivity index (χ2v) is 8.27. The summed E-state index contributed by atoms with van der Waals surface area (Å²) < 4.78 is 17.6. The molecule has 3 aromatic carbocycles. The van der Waals surface area contributed by atoms with Gasteiger partial charge in [0.25, 0.3) is 0 Å². The standard InChI is InChI=1S/C26H26O4/c1-18-10-7-8-15-22(18)30-24-23(26(24,2)3)25(27)28-17-19-11-9-14-21(16-19)29-20-12-5-4-6-13-20/h4-16,23-24H,17H2,1-3H3. The van der Waals surface area contributed by atoms with E-state index in [1.807, 2.05) is 99.6 Å². The molecule has 4 nitrogen and oxygen atoms in total. The number of carbonyl (C=O) groups excluding carboxylic acids is 1. The Bertz CT molecular complexity index is 1030. The zero-order chi connectivity index (χ0) is 21.1. The van der Waals surface area contributed by atoms with Crippen molar-refractivity contribution in [2.45, 2.75) is 33.5 Å². The quantitative estimate of drug-likeness (QED) is 0.459. The fourth-order valence-electron chi connectivity index (χ4n) is 3.63. The molecule has 0 bridgehead atoms. The van der Waals surface area contributed by atoms with Crippen LogP contribution in [0.3, 0.4) is 0 Å². The minimum absolute atomic E-state index is 0.182. The van der Waals surface area contributed by atoms with Crippen molar-refractivity contribution in [3.63, 3.8) is 0 Å². The molecule has 4 rings (SSSR count). The Labute approximate surface area is 177 Å². The van der Waals surface area contributed by atoms with Crippen molar-refractivity contribution in [3.8, 4) is 17.2 Å². The molecule has 30 heavy (non-hydrogen) atoms. The number of benzene rings is 3. The highest BCUT2D eigenvalue weighted by molar-refractivity contribution is 5.78. The molecule has 2 atom stereocenters. The van der Waals surface area contributed by atoms with Gasteiger partial charge in [-0.2, -0.15) is 0 Å². The molecule has 0 amide bonds. The summed E-state index contributed by atoms with van der Waals surface area (Å²) in [5, 5.41) is 0. The summed E-state index contributed by atoms with van der Waals surface area (Å²) in [5.41, 5.74) is 1.69. The van der Waals surface area contributed by atoms with Crippen LogP contribution in [0.25, 0.3) is 0 Å². The minimum Gasteiger partial charge on any atom is -0.489 e. The summed E-state index contributed by atoms with van der Waals surface area (Å²) in [6, 6.07) is 25.0. The highest BCUT2D eigenvalue weighted by Gasteiger charge is 2.65. The van der Waals surface area contributed by atoms with Gasteiger partial charge in [0.2, 0.25) is 0 Å². The summed E-state index contributed by atoms with van der Waals surface area (Å²) in [7, 11) is 0. The Morgan fingerprint density at radius 3 is 2.37 bits per heavy atom. The van der Waals surface area contributed by atoms with Gasteiger partial charge in [-0.15, -0.1) is 0 Å². The van der Waals surface area contributed by atoms with Crippen LogP contribution in [0.5, 0.6) is 17.2 Å². The van der Waals surface area contributed by atoms with E-state index >= 15 is 0 Å². The van der Waals surface area contributed by atoms with Crippen LogP contribution < -0.4 is 9.47 Å². The van der Waals surface area contributed by atoms with Crippen LogP contribution in [0.4, 0.5) is 0 Å². The van der Waals surface area contributed by atoms with E-state index in [-0.39, 0.29) is 30.0 Å². The molecule has 0 radical (unpaired) electrons. The fourth-order valence-corrected chi connectivity index (χ4v) is 3.63. The van der Waals surface area contributed by atoms with Gasteiger partial charge in [0.15, 0.2) is 0 Å². The van der Waals surface area contributed by atoms with Gasteiger partial charge >= 0.3 is 5.97 Å². The van der Waals surface area contributed by atoms with E-state index in [0.29, 0.717) is 5.75 Å². The van der Waals surface area contributed by atoms with E-state index in [2.05, 4.69) is 0 Å². The molecular weight excluding hydrogens is 376 g/mol. The largest absolute Gasteiger partial charge is 0.489 e. The maximum absolute atomic E-state index is 12.7. The van der Waals surface area contributed by atoms with Gasteiger partial charge in [-0.25, -0.2) is 0 Å². The smallest absolute Gasteiger partial charge is 0.313 e. The molecule has 0 saturated heterocycles. The maximum atomic E-state index is 12.7. The van der Waals surface area contributed by atoms with E-state index in [4.69, 9.17) is 14.2 Å². The summed E-state index contributed by atoms with van der Waals surface area (Å²) in [6.45, 7) is 6.28. The molecule has 3 aromatic rings. The molecule has 1 aliphatic rings. The van der Waals surface area contributed by atoms with Gasteiger partial charge in [-0.1, -0.05) is 62.4 Å². The predicted molar refractivity (Wildman–Crippen MR) is 116 cm³/mol. The van der Waals surface area contributed by atoms with Crippen molar-refractivity contribution in [2.24, 2.45) is 11.3 Å². The number of hydrogen-bond donors (Lipinski definition) is 0. The summed E-state index contributed by atoms with van der Waals surface area (Å²) in [5.74, 6) is 1.79. The molecule has 0 aromatic heterocycles. The van der Waals surface area contributed by atoms with Crippen LogP contribution in [-0.2, 0) is 16.1 Å². The average molecular weight is 402 g/mol. The first-order chi connectivity index (χ1) is 14.4. The summed E-state index contributed by atoms with van der Waals surface area (Å²) in [6.07, 6.45) is -0.182. The van der Waals surface area contributed by atoms with E-state index in [1.54, 1.807) is 0 Å². The molecular formula is C26H26O4. The van der Waals surface area contributed by atoms with Crippen molar-refractivity contribution in [3.05, 3.63) is 90.0 Å². The Morgan fingerprint density at radius 1 is 0.900 bits per heavy atom. The predicted octanol–water partition coefficient (Wildman–Crippen LogP) is 5.93.